The normalized spacial score (nSPS) is 17.9. The molecule has 2 rings (SSSR count). The molecular formula is C15H23NO3. The molecule has 0 spiro atoms. The second-order valence-corrected chi connectivity index (χ2v) is 5.42. The fourth-order valence-electron chi connectivity index (χ4n) is 2.72. The standard InChI is InChI=1S/C15H23NO3/c1-11-12(9-14(19-11)15(17)18)10-16-13-7-5-3-2-4-6-8-13/h9,13,16H,2-8,10H2,1H3,(H,17,18). The number of furan rings is 1. The minimum atomic E-state index is -1.000. The lowest BCUT2D eigenvalue weighted by atomic mass is 9.96. The molecule has 1 aromatic heterocycles. The summed E-state index contributed by atoms with van der Waals surface area (Å²) in [5.41, 5.74) is 0.958. The summed E-state index contributed by atoms with van der Waals surface area (Å²) in [6.07, 6.45) is 9.09. The second-order valence-electron chi connectivity index (χ2n) is 5.42. The van der Waals surface area contributed by atoms with Gasteiger partial charge < -0.3 is 14.8 Å². The Hall–Kier alpha value is -1.29. The molecule has 0 aliphatic heterocycles. The van der Waals surface area contributed by atoms with Gasteiger partial charge in [-0.2, -0.15) is 0 Å². The van der Waals surface area contributed by atoms with Crippen LogP contribution in [0.3, 0.4) is 0 Å². The lowest BCUT2D eigenvalue weighted by molar-refractivity contribution is 0.0661. The molecule has 1 saturated carbocycles. The minimum Gasteiger partial charge on any atom is -0.475 e. The summed E-state index contributed by atoms with van der Waals surface area (Å²) in [5, 5.41) is 12.4. The summed E-state index contributed by atoms with van der Waals surface area (Å²) >= 11 is 0. The van der Waals surface area contributed by atoms with E-state index in [1.165, 1.54) is 44.9 Å². The molecule has 0 aromatic carbocycles. The van der Waals surface area contributed by atoms with Crippen molar-refractivity contribution in [2.45, 2.75) is 64.5 Å². The Kier molecular flexibility index (Phi) is 5.02. The van der Waals surface area contributed by atoms with E-state index in [1.54, 1.807) is 6.07 Å². The van der Waals surface area contributed by atoms with Crippen molar-refractivity contribution in [3.8, 4) is 0 Å². The Bertz CT molecular complexity index is 417. The quantitative estimate of drug-likeness (QED) is 0.874. The van der Waals surface area contributed by atoms with Gasteiger partial charge in [-0.3, -0.25) is 0 Å². The summed E-state index contributed by atoms with van der Waals surface area (Å²) < 4.78 is 5.22. The van der Waals surface area contributed by atoms with Crippen LogP contribution in [0.25, 0.3) is 0 Å². The van der Waals surface area contributed by atoms with Crippen molar-refractivity contribution in [3.05, 3.63) is 23.2 Å². The molecule has 19 heavy (non-hydrogen) atoms. The molecule has 0 atom stereocenters. The first-order chi connectivity index (χ1) is 9.16. The highest BCUT2D eigenvalue weighted by atomic mass is 16.4. The number of carboxylic acid groups (broad SMARTS) is 1. The first-order valence-electron chi connectivity index (χ1n) is 7.23. The van der Waals surface area contributed by atoms with Crippen molar-refractivity contribution in [1.29, 1.82) is 0 Å². The molecule has 1 heterocycles. The maximum Gasteiger partial charge on any atom is 0.371 e. The molecule has 0 amide bonds. The third-order valence-corrected chi connectivity index (χ3v) is 3.92. The predicted octanol–water partition coefficient (Wildman–Crippen LogP) is 3.49. The number of rotatable bonds is 4. The van der Waals surface area contributed by atoms with E-state index in [0.29, 0.717) is 18.3 Å². The third-order valence-electron chi connectivity index (χ3n) is 3.92. The SMILES string of the molecule is Cc1oc(C(=O)O)cc1CNC1CCCCCCC1. The van der Waals surface area contributed by atoms with Crippen molar-refractivity contribution in [1.82, 2.24) is 5.32 Å². The van der Waals surface area contributed by atoms with Gasteiger partial charge in [-0.05, 0) is 25.8 Å². The lowest BCUT2D eigenvalue weighted by Gasteiger charge is -2.20. The molecule has 1 fully saturated rings. The van der Waals surface area contributed by atoms with E-state index in [9.17, 15) is 4.79 Å². The van der Waals surface area contributed by atoms with Crippen LogP contribution in [0.2, 0.25) is 0 Å². The number of carbonyl (C=O) groups is 1. The summed E-state index contributed by atoms with van der Waals surface area (Å²) in [6, 6.07) is 2.19. The van der Waals surface area contributed by atoms with E-state index in [1.807, 2.05) is 6.92 Å². The van der Waals surface area contributed by atoms with E-state index >= 15 is 0 Å². The van der Waals surface area contributed by atoms with Crippen LogP contribution in [0.15, 0.2) is 10.5 Å². The molecule has 0 saturated heterocycles. The van der Waals surface area contributed by atoms with E-state index in [0.717, 1.165) is 5.56 Å². The molecule has 4 nitrogen and oxygen atoms in total. The van der Waals surface area contributed by atoms with Gasteiger partial charge in [0.1, 0.15) is 5.76 Å². The fraction of sp³-hybridized carbons (Fsp3) is 0.667. The topological polar surface area (TPSA) is 62.5 Å². The maximum atomic E-state index is 10.8. The zero-order chi connectivity index (χ0) is 13.7. The van der Waals surface area contributed by atoms with E-state index in [-0.39, 0.29) is 5.76 Å². The molecular weight excluding hydrogens is 242 g/mol. The van der Waals surface area contributed by atoms with Crippen LogP contribution in [0.5, 0.6) is 0 Å². The Balaban J connectivity index is 1.88. The van der Waals surface area contributed by atoms with E-state index < -0.39 is 5.97 Å². The Morgan fingerprint density at radius 3 is 2.53 bits per heavy atom. The van der Waals surface area contributed by atoms with Gasteiger partial charge in [0.15, 0.2) is 0 Å². The molecule has 106 valence electrons. The summed E-state index contributed by atoms with van der Waals surface area (Å²) in [6.45, 7) is 2.52. The summed E-state index contributed by atoms with van der Waals surface area (Å²) in [4.78, 5) is 10.8. The van der Waals surface area contributed by atoms with Crippen LogP contribution in [0.1, 0.15) is 66.8 Å². The van der Waals surface area contributed by atoms with Crippen molar-refractivity contribution < 1.29 is 14.3 Å². The number of carboxylic acids is 1. The van der Waals surface area contributed by atoms with Crippen molar-refractivity contribution in [2.75, 3.05) is 0 Å². The highest BCUT2D eigenvalue weighted by Crippen LogP contribution is 2.19. The maximum absolute atomic E-state index is 10.8. The number of aromatic carboxylic acids is 1. The number of hydrogen-bond donors (Lipinski definition) is 2. The third kappa shape index (κ3) is 4.10. The van der Waals surface area contributed by atoms with Gasteiger partial charge in [-0.1, -0.05) is 32.1 Å². The number of aryl methyl sites for hydroxylation is 1. The van der Waals surface area contributed by atoms with Crippen molar-refractivity contribution in [2.24, 2.45) is 0 Å². The van der Waals surface area contributed by atoms with Crippen LogP contribution in [0, 0.1) is 6.92 Å². The van der Waals surface area contributed by atoms with Gasteiger partial charge in [0.2, 0.25) is 5.76 Å². The van der Waals surface area contributed by atoms with Crippen molar-refractivity contribution >= 4 is 5.97 Å². The Labute approximate surface area is 114 Å². The number of hydrogen-bond acceptors (Lipinski definition) is 3. The van der Waals surface area contributed by atoms with Gasteiger partial charge in [0, 0.05) is 18.2 Å². The van der Waals surface area contributed by atoms with Crippen LogP contribution >= 0.6 is 0 Å². The van der Waals surface area contributed by atoms with Crippen molar-refractivity contribution in [3.63, 3.8) is 0 Å². The first-order valence-corrected chi connectivity index (χ1v) is 7.23. The van der Waals surface area contributed by atoms with Gasteiger partial charge in [-0.15, -0.1) is 0 Å². The van der Waals surface area contributed by atoms with Crippen LogP contribution < -0.4 is 5.32 Å². The predicted molar refractivity (Wildman–Crippen MR) is 73.4 cm³/mol. The number of nitrogens with one attached hydrogen (secondary N) is 1. The zero-order valence-corrected chi connectivity index (χ0v) is 11.6. The lowest BCUT2D eigenvalue weighted by Crippen LogP contribution is -2.29. The second kappa shape index (κ2) is 6.75. The molecule has 0 bridgehead atoms. The zero-order valence-electron chi connectivity index (χ0n) is 11.6. The molecule has 2 N–H and O–H groups in total. The van der Waals surface area contributed by atoms with Crippen LogP contribution in [-0.4, -0.2) is 17.1 Å². The van der Waals surface area contributed by atoms with E-state index in [2.05, 4.69) is 5.32 Å². The largest absolute Gasteiger partial charge is 0.475 e. The Morgan fingerprint density at radius 2 is 1.95 bits per heavy atom. The average molecular weight is 265 g/mol. The monoisotopic (exact) mass is 265 g/mol. The molecule has 1 aliphatic carbocycles. The fourth-order valence-corrected chi connectivity index (χ4v) is 2.72. The first kappa shape index (κ1) is 14.1. The summed E-state index contributed by atoms with van der Waals surface area (Å²) in [7, 11) is 0. The van der Waals surface area contributed by atoms with Gasteiger partial charge in [0.05, 0.1) is 0 Å². The van der Waals surface area contributed by atoms with Crippen LogP contribution in [0.4, 0.5) is 0 Å². The van der Waals surface area contributed by atoms with Gasteiger partial charge in [-0.25, -0.2) is 4.79 Å². The minimum absolute atomic E-state index is 0.0342. The van der Waals surface area contributed by atoms with Gasteiger partial charge >= 0.3 is 5.97 Å². The average Bonchev–Trinajstić information content (AvgIpc) is 2.70. The molecule has 1 aromatic rings. The molecule has 0 unspecified atom stereocenters. The van der Waals surface area contributed by atoms with Crippen LogP contribution in [-0.2, 0) is 6.54 Å². The molecule has 4 heteroatoms. The molecule has 1 aliphatic rings. The smallest absolute Gasteiger partial charge is 0.371 e. The Morgan fingerprint density at radius 1 is 1.32 bits per heavy atom. The highest BCUT2D eigenvalue weighted by Gasteiger charge is 2.15. The summed E-state index contributed by atoms with van der Waals surface area (Å²) in [5.74, 6) is -0.261. The van der Waals surface area contributed by atoms with Gasteiger partial charge in [0.25, 0.3) is 0 Å². The molecule has 0 radical (unpaired) electrons. The highest BCUT2D eigenvalue weighted by molar-refractivity contribution is 5.84. The van der Waals surface area contributed by atoms with E-state index in [4.69, 9.17) is 9.52 Å².